The van der Waals surface area contributed by atoms with Gasteiger partial charge in [0.1, 0.15) is 5.75 Å². The molecule has 0 radical (unpaired) electrons. The molecule has 1 amide bonds. The van der Waals surface area contributed by atoms with Gasteiger partial charge in [-0.2, -0.15) is 0 Å². The fourth-order valence-electron chi connectivity index (χ4n) is 2.06. The Kier molecular flexibility index (Phi) is 3.95. The third-order valence-corrected chi connectivity index (χ3v) is 4.06. The molecule has 18 heavy (non-hydrogen) atoms. The summed E-state index contributed by atoms with van der Waals surface area (Å²) in [6, 6.07) is 4.94. The minimum Gasteiger partial charge on any atom is -0.508 e. The average molecular weight is 312 g/mol. The zero-order valence-corrected chi connectivity index (χ0v) is 12.1. The zero-order chi connectivity index (χ0) is 13.2. The molecule has 98 valence electrons. The first-order valence-corrected chi connectivity index (χ1v) is 7.32. The van der Waals surface area contributed by atoms with Crippen LogP contribution in [-0.2, 0) is 0 Å². The molecule has 0 spiro atoms. The first-order chi connectivity index (χ1) is 8.56. The summed E-state index contributed by atoms with van der Waals surface area (Å²) in [5.41, 5.74) is 1.66. The van der Waals surface area contributed by atoms with Crippen molar-refractivity contribution in [1.29, 1.82) is 0 Å². The van der Waals surface area contributed by atoms with Crippen LogP contribution in [0.15, 0.2) is 18.2 Å². The van der Waals surface area contributed by atoms with E-state index in [-0.39, 0.29) is 11.7 Å². The molecule has 0 aliphatic heterocycles. The van der Waals surface area contributed by atoms with Crippen LogP contribution < -0.4 is 5.32 Å². The Bertz CT molecular complexity index is 455. The summed E-state index contributed by atoms with van der Waals surface area (Å²) in [6.45, 7) is 2.54. The minimum atomic E-state index is -0.0565. The number of nitrogens with one attached hydrogen (secondary N) is 1. The zero-order valence-electron chi connectivity index (χ0n) is 10.5. The third-order valence-electron chi connectivity index (χ3n) is 3.66. The maximum Gasteiger partial charge on any atom is 0.251 e. The number of benzene rings is 1. The molecule has 1 fully saturated rings. The Morgan fingerprint density at radius 1 is 1.50 bits per heavy atom. The van der Waals surface area contributed by atoms with Crippen molar-refractivity contribution in [3.63, 3.8) is 0 Å². The predicted octanol–water partition coefficient (Wildman–Crippen LogP) is 3.00. The molecule has 0 atom stereocenters. The normalized spacial score (nSPS) is 16.3. The topological polar surface area (TPSA) is 49.3 Å². The molecule has 0 aromatic heterocycles. The van der Waals surface area contributed by atoms with Crippen LogP contribution >= 0.6 is 15.9 Å². The quantitative estimate of drug-likeness (QED) is 0.821. The molecule has 1 aliphatic carbocycles. The number of phenolic OH excluding ortho intramolecular Hbond substituents is 1. The van der Waals surface area contributed by atoms with E-state index in [0.717, 1.165) is 23.9 Å². The van der Waals surface area contributed by atoms with Crippen molar-refractivity contribution in [1.82, 2.24) is 5.32 Å². The van der Waals surface area contributed by atoms with Crippen LogP contribution in [0, 0.1) is 12.3 Å². The lowest BCUT2D eigenvalue weighted by molar-refractivity contribution is 0.0944. The summed E-state index contributed by atoms with van der Waals surface area (Å²) in [5, 5.41) is 13.4. The molecule has 2 N–H and O–H groups in total. The number of carbonyl (C=O) groups is 1. The van der Waals surface area contributed by atoms with E-state index in [9.17, 15) is 9.90 Å². The molecule has 1 aromatic rings. The van der Waals surface area contributed by atoms with Crippen LogP contribution in [0.3, 0.4) is 0 Å². The molecule has 3 nitrogen and oxygen atoms in total. The van der Waals surface area contributed by atoms with Gasteiger partial charge < -0.3 is 10.4 Å². The smallest absolute Gasteiger partial charge is 0.251 e. The standard InChI is InChI=1S/C14H18BrNO2/c1-10-8-11(2-3-12(10)17)13(18)16-9-14(4-5-14)6-7-15/h2-3,8,17H,4-7,9H2,1H3,(H,16,18). The lowest BCUT2D eigenvalue weighted by Crippen LogP contribution is -2.30. The second-order valence-electron chi connectivity index (χ2n) is 5.12. The van der Waals surface area contributed by atoms with E-state index in [1.807, 2.05) is 0 Å². The fraction of sp³-hybridized carbons (Fsp3) is 0.500. The number of rotatable bonds is 5. The maximum absolute atomic E-state index is 12.0. The predicted molar refractivity (Wildman–Crippen MR) is 75.3 cm³/mol. The van der Waals surface area contributed by atoms with E-state index in [1.165, 1.54) is 12.8 Å². The summed E-state index contributed by atoms with van der Waals surface area (Å²) < 4.78 is 0. The van der Waals surface area contributed by atoms with Gasteiger partial charge in [-0.1, -0.05) is 15.9 Å². The van der Waals surface area contributed by atoms with Gasteiger partial charge in [0, 0.05) is 17.4 Å². The number of aryl methyl sites for hydroxylation is 1. The van der Waals surface area contributed by atoms with Gasteiger partial charge in [0.2, 0.25) is 0 Å². The van der Waals surface area contributed by atoms with Crippen molar-refractivity contribution in [3.05, 3.63) is 29.3 Å². The number of aromatic hydroxyl groups is 1. The van der Waals surface area contributed by atoms with Crippen molar-refractivity contribution in [2.24, 2.45) is 5.41 Å². The van der Waals surface area contributed by atoms with Crippen molar-refractivity contribution in [3.8, 4) is 5.75 Å². The van der Waals surface area contributed by atoms with E-state index in [1.54, 1.807) is 25.1 Å². The number of amides is 1. The van der Waals surface area contributed by atoms with Crippen LogP contribution in [0.1, 0.15) is 35.2 Å². The van der Waals surface area contributed by atoms with Crippen molar-refractivity contribution < 1.29 is 9.90 Å². The van der Waals surface area contributed by atoms with Gasteiger partial charge >= 0.3 is 0 Å². The largest absolute Gasteiger partial charge is 0.508 e. The number of alkyl halides is 1. The van der Waals surface area contributed by atoms with E-state index in [4.69, 9.17) is 0 Å². The maximum atomic E-state index is 12.0. The molecule has 1 aromatic carbocycles. The van der Waals surface area contributed by atoms with E-state index in [0.29, 0.717) is 11.0 Å². The summed E-state index contributed by atoms with van der Waals surface area (Å²) in [5.74, 6) is 0.170. The third kappa shape index (κ3) is 3.05. The van der Waals surface area contributed by atoms with E-state index < -0.39 is 0 Å². The highest BCUT2D eigenvalue weighted by atomic mass is 79.9. The molecule has 4 heteroatoms. The number of hydrogen-bond acceptors (Lipinski definition) is 2. The molecule has 1 aliphatic rings. The van der Waals surface area contributed by atoms with Gasteiger partial charge in [0.25, 0.3) is 5.91 Å². The van der Waals surface area contributed by atoms with Crippen molar-refractivity contribution >= 4 is 21.8 Å². The monoisotopic (exact) mass is 311 g/mol. The molecular weight excluding hydrogens is 294 g/mol. The van der Waals surface area contributed by atoms with Gasteiger partial charge in [-0.3, -0.25) is 4.79 Å². The lowest BCUT2D eigenvalue weighted by atomic mass is 10.0. The Morgan fingerprint density at radius 3 is 2.78 bits per heavy atom. The Balaban J connectivity index is 1.93. The van der Waals surface area contributed by atoms with Crippen LogP contribution in [0.4, 0.5) is 0 Å². The lowest BCUT2D eigenvalue weighted by Gasteiger charge is -2.14. The summed E-state index contributed by atoms with van der Waals surface area (Å²) in [7, 11) is 0. The average Bonchev–Trinajstić information content (AvgIpc) is 3.11. The Morgan fingerprint density at radius 2 is 2.22 bits per heavy atom. The first-order valence-electron chi connectivity index (χ1n) is 6.20. The number of carbonyl (C=O) groups excluding carboxylic acids is 1. The molecule has 1 saturated carbocycles. The van der Waals surface area contributed by atoms with Gasteiger partial charge in [-0.15, -0.1) is 0 Å². The van der Waals surface area contributed by atoms with Crippen molar-refractivity contribution in [2.75, 3.05) is 11.9 Å². The van der Waals surface area contributed by atoms with Crippen LogP contribution in [0.25, 0.3) is 0 Å². The van der Waals surface area contributed by atoms with Crippen LogP contribution in [0.2, 0.25) is 0 Å². The Hall–Kier alpha value is -1.03. The van der Waals surface area contributed by atoms with Crippen LogP contribution in [0.5, 0.6) is 5.75 Å². The summed E-state index contributed by atoms with van der Waals surface area (Å²) in [6.07, 6.45) is 3.52. The number of hydrogen-bond donors (Lipinski definition) is 2. The second kappa shape index (κ2) is 5.31. The highest BCUT2D eigenvalue weighted by Crippen LogP contribution is 2.48. The summed E-state index contributed by atoms with van der Waals surface area (Å²) in [4.78, 5) is 12.0. The molecule has 0 heterocycles. The van der Waals surface area contributed by atoms with Crippen molar-refractivity contribution in [2.45, 2.75) is 26.2 Å². The molecule has 0 bridgehead atoms. The second-order valence-corrected chi connectivity index (χ2v) is 5.92. The number of phenols is 1. The van der Waals surface area contributed by atoms with E-state index >= 15 is 0 Å². The molecule has 0 saturated heterocycles. The SMILES string of the molecule is Cc1cc(C(=O)NCC2(CCBr)CC2)ccc1O. The molecule has 0 unspecified atom stereocenters. The molecular formula is C14H18BrNO2. The van der Waals surface area contributed by atoms with Gasteiger partial charge in [0.05, 0.1) is 0 Å². The van der Waals surface area contributed by atoms with E-state index in [2.05, 4.69) is 21.2 Å². The van der Waals surface area contributed by atoms with Gasteiger partial charge in [0.15, 0.2) is 0 Å². The minimum absolute atomic E-state index is 0.0565. The highest BCUT2D eigenvalue weighted by molar-refractivity contribution is 9.09. The Labute approximate surface area is 116 Å². The molecule has 2 rings (SSSR count). The number of halogens is 1. The highest BCUT2D eigenvalue weighted by Gasteiger charge is 2.41. The van der Waals surface area contributed by atoms with Gasteiger partial charge in [-0.05, 0) is 55.4 Å². The first kappa shape index (κ1) is 13.4. The fourth-order valence-corrected chi connectivity index (χ4v) is 2.90. The van der Waals surface area contributed by atoms with Crippen LogP contribution in [-0.4, -0.2) is 22.9 Å². The summed E-state index contributed by atoms with van der Waals surface area (Å²) >= 11 is 3.45. The van der Waals surface area contributed by atoms with Gasteiger partial charge in [-0.25, -0.2) is 0 Å².